The van der Waals surface area contributed by atoms with Crippen LogP contribution in [0.4, 0.5) is 0 Å². The van der Waals surface area contributed by atoms with Crippen LogP contribution in [0.15, 0.2) is 6.07 Å². The first-order valence-electron chi connectivity index (χ1n) is 7.41. The highest BCUT2D eigenvalue weighted by molar-refractivity contribution is 5.16. The molecular weight excluding hydrogens is 238 g/mol. The Morgan fingerprint density at radius 3 is 2.89 bits per heavy atom. The van der Waals surface area contributed by atoms with Gasteiger partial charge in [-0.25, -0.2) is 9.97 Å². The van der Waals surface area contributed by atoms with Crippen LogP contribution in [0.5, 0.6) is 0 Å². The molecule has 1 aromatic rings. The lowest BCUT2D eigenvalue weighted by Gasteiger charge is -2.18. The predicted molar refractivity (Wildman–Crippen MR) is 74.0 cm³/mol. The lowest BCUT2D eigenvalue weighted by atomic mass is 9.88. The molecule has 0 saturated carbocycles. The Kier molecular flexibility index (Phi) is 3.54. The molecule has 1 aromatic heterocycles. The van der Waals surface area contributed by atoms with Gasteiger partial charge in [-0.05, 0) is 38.7 Å². The lowest BCUT2D eigenvalue weighted by molar-refractivity contribution is 0.0998. The molecular formula is C15H23N3O. The summed E-state index contributed by atoms with van der Waals surface area (Å²) in [6.45, 7) is 4.16. The van der Waals surface area contributed by atoms with Crippen LogP contribution in [0, 0.1) is 6.92 Å². The second-order valence-electron chi connectivity index (χ2n) is 5.95. The van der Waals surface area contributed by atoms with E-state index in [-0.39, 0.29) is 6.04 Å². The fraction of sp³-hybridized carbons (Fsp3) is 0.733. The summed E-state index contributed by atoms with van der Waals surface area (Å²) in [6, 6.07) is 2.26. The molecule has 2 bridgehead atoms. The number of nitrogens with two attached hydrogens (primary N) is 1. The maximum absolute atomic E-state index is 6.03. The van der Waals surface area contributed by atoms with Crippen LogP contribution in [-0.2, 0) is 11.2 Å². The topological polar surface area (TPSA) is 61.0 Å². The first-order valence-corrected chi connectivity index (χ1v) is 7.41. The van der Waals surface area contributed by atoms with Gasteiger partial charge in [0.25, 0.3) is 0 Å². The van der Waals surface area contributed by atoms with Gasteiger partial charge in [-0.1, -0.05) is 6.92 Å². The number of hydrogen-bond acceptors (Lipinski definition) is 4. The minimum absolute atomic E-state index is 0.193. The van der Waals surface area contributed by atoms with Crippen molar-refractivity contribution in [1.29, 1.82) is 0 Å². The van der Waals surface area contributed by atoms with Crippen LogP contribution < -0.4 is 5.73 Å². The normalized spacial score (nSPS) is 30.8. The molecule has 0 spiro atoms. The molecule has 19 heavy (non-hydrogen) atoms. The van der Waals surface area contributed by atoms with Gasteiger partial charge in [-0.2, -0.15) is 0 Å². The molecule has 2 saturated heterocycles. The number of ether oxygens (including phenoxy) is 1. The summed E-state index contributed by atoms with van der Waals surface area (Å²) in [5.41, 5.74) is 8.16. The summed E-state index contributed by atoms with van der Waals surface area (Å²) >= 11 is 0. The highest BCUT2D eigenvalue weighted by Crippen LogP contribution is 2.43. The van der Waals surface area contributed by atoms with Crippen molar-refractivity contribution in [3.63, 3.8) is 0 Å². The highest BCUT2D eigenvalue weighted by Gasteiger charge is 2.42. The van der Waals surface area contributed by atoms with E-state index in [4.69, 9.17) is 15.5 Å². The number of nitrogens with zero attached hydrogens (tertiary/aromatic N) is 2. The first-order chi connectivity index (χ1) is 9.15. The molecule has 0 aliphatic carbocycles. The van der Waals surface area contributed by atoms with Gasteiger partial charge in [-0.15, -0.1) is 0 Å². The fourth-order valence-corrected chi connectivity index (χ4v) is 3.25. The minimum Gasteiger partial charge on any atom is -0.374 e. The van der Waals surface area contributed by atoms with Gasteiger partial charge in [0.2, 0.25) is 0 Å². The molecule has 4 atom stereocenters. The summed E-state index contributed by atoms with van der Waals surface area (Å²) < 4.78 is 5.92. The fourth-order valence-electron chi connectivity index (χ4n) is 3.25. The van der Waals surface area contributed by atoms with Crippen molar-refractivity contribution < 1.29 is 4.74 Å². The van der Waals surface area contributed by atoms with Gasteiger partial charge >= 0.3 is 0 Å². The molecule has 4 heteroatoms. The van der Waals surface area contributed by atoms with E-state index in [1.807, 2.05) is 6.92 Å². The quantitative estimate of drug-likeness (QED) is 0.901. The van der Waals surface area contributed by atoms with E-state index >= 15 is 0 Å². The number of aryl methyl sites for hydroxylation is 1. The van der Waals surface area contributed by atoms with E-state index in [0.29, 0.717) is 18.1 Å². The smallest absolute Gasteiger partial charge is 0.134 e. The highest BCUT2D eigenvalue weighted by atomic mass is 16.5. The minimum atomic E-state index is 0.193. The Hall–Kier alpha value is -1.00. The van der Waals surface area contributed by atoms with Crippen LogP contribution in [0.1, 0.15) is 55.7 Å². The van der Waals surface area contributed by atoms with Crippen LogP contribution in [0.3, 0.4) is 0 Å². The molecule has 3 rings (SSSR count). The van der Waals surface area contributed by atoms with Crippen molar-refractivity contribution in [3.8, 4) is 0 Å². The summed E-state index contributed by atoms with van der Waals surface area (Å²) in [7, 11) is 0. The SMILES string of the molecule is CCC(N)Cc1cc(C)nc(C2CC3CCC2O3)n1. The number of rotatable bonds is 4. The monoisotopic (exact) mass is 261 g/mol. The van der Waals surface area contributed by atoms with Crippen LogP contribution in [0.2, 0.25) is 0 Å². The van der Waals surface area contributed by atoms with Crippen molar-refractivity contribution in [1.82, 2.24) is 9.97 Å². The Balaban J connectivity index is 1.81. The Labute approximate surface area is 114 Å². The average molecular weight is 261 g/mol. The molecule has 0 aromatic carbocycles. The van der Waals surface area contributed by atoms with E-state index in [2.05, 4.69) is 18.0 Å². The van der Waals surface area contributed by atoms with Gasteiger partial charge in [0, 0.05) is 29.8 Å². The summed E-state index contributed by atoms with van der Waals surface area (Å²) in [5.74, 6) is 1.38. The molecule has 2 N–H and O–H groups in total. The van der Waals surface area contributed by atoms with Gasteiger partial charge in [0.05, 0.1) is 12.2 Å². The number of fused-ring (bicyclic) bond motifs is 2. The van der Waals surface area contributed by atoms with Gasteiger partial charge in [0.1, 0.15) is 5.82 Å². The van der Waals surface area contributed by atoms with Crippen molar-refractivity contribution in [2.45, 2.75) is 70.1 Å². The van der Waals surface area contributed by atoms with Crippen molar-refractivity contribution in [2.75, 3.05) is 0 Å². The standard InChI is InChI=1S/C15H23N3O/c1-3-10(16)7-11-6-9(2)17-15(18-11)13-8-12-4-5-14(13)19-12/h6,10,12-14H,3-5,7-8,16H2,1-2H3. The van der Waals surface area contributed by atoms with Crippen LogP contribution >= 0.6 is 0 Å². The van der Waals surface area contributed by atoms with Gasteiger partial charge in [0.15, 0.2) is 0 Å². The van der Waals surface area contributed by atoms with E-state index in [1.54, 1.807) is 0 Å². The molecule has 0 amide bonds. The average Bonchev–Trinajstić information content (AvgIpc) is 3.00. The maximum Gasteiger partial charge on any atom is 0.134 e. The number of aromatic nitrogens is 2. The Bertz CT molecular complexity index is 463. The second kappa shape index (κ2) is 5.17. The third-order valence-corrected chi connectivity index (χ3v) is 4.36. The van der Waals surface area contributed by atoms with Crippen molar-refractivity contribution in [3.05, 3.63) is 23.3 Å². The zero-order valence-corrected chi connectivity index (χ0v) is 11.8. The summed E-state index contributed by atoms with van der Waals surface area (Å²) in [5, 5.41) is 0. The molecule has 0 radical (unpaired) electrons. The third kappa shape index (κ3) is 2.65. The van der Waals surface area contributed by atoms with Crippen molar-refractivity contribution in [2.24, 2.45) is 5.73 Å². The molecule has 2 aliphatic rings. The van der Waals surface area contributed by atoms with Crippen LogP contribution in [0.25, 0.3) is 0 Å². The van der Waals surface area contributed by atoms with E-state index in [0.717, 1.165) is 42.9 Å². The third-order valence-electron chi connectivity index (χ3n) is 4.36. The maximum atomic E-state index is 6.03. The van der Waals surface area contributed by atoms with E-state index < -0.39 is 0 Å². The Morgan fingerprint density at radius 2 is 2.26 bits per heavy atom. The van der Waals surface area contributed by atoms with Crippen molar-refractivity contribution >= 4 is 0 Å². The zero-order chi connectivity index (χ0) is 13.4. The summed E-state index contributed by atoms with van der Waals surface area (Å²) in [6.07, 6.45) is 6.08. The molecule has 2 fully saturated rings. The first kappa shape index (κ1) is 13.0. The molecule has 4 unspecified atom stereocenters. The van der Waals surface area contributed by atoms with Gasteiger partial charge < -0.3 is 10.5 Å². The summed E-state index contributed by atoms with van der Waals surface area (Å²) in [4.78, 5) is 9.39. The predicted octanol–water partition coefficient (Wildman–Crippen LogP) is 2.10. The van der Waals surface area contributed by atoms with Gasteiger partial charge in [-0.3, -0.25) is 0 Å². The second-order valence-corrected chi connectivity index (χ2v) is 5.95. The molecule has 4 nitrogen and oxygen atoms in total. The van der Waals surface area contributed by atoms with E-state index in [1.165, 1.54) is 6.42 Å². The van der Waals surface area contributed by atoms with Crippen LogP contribution in [-0.4, -0.2) is 28.2 Å². The molecule has 104 valence electrons. The lowest BCUT2D eigenvalue weighted by Crippen LogP contribution is -2.23. The van der Waals surface area contributed by atoms with E-state index in [9.17, 15) is 0 Å². The number of hydrogen-bond donors (Lipinski definition) is 1. The molecule has 2 aliphatic heterocycles. The Morgan fingerprint density at radius 1 is 1.42 bits per heavy atom. The zero-order valence-electron chi connectivity index (χ0n) is 11.8. The largest absolute Gasteiger partial charge is 0.374 e. The molecule has 3 heterocycles.